The minimum absolute atomic E-state index is 0.00503. The minimum Gasteiger partial charge on any atom is -0.392 e. The molecule has 2 saturated heterocycles. The predicted molar refractivity (Wildman–Crippen MR) is 83.4 cm³/mol. The van der Waals surface area contributed by atoms with Crippen LogP contribution < -0.4 is 4.90 Å². The van der Waals surface area contributed by atoms with Gasteiger partial charge in [0.1, 0.15) is 0 Å². The molecule has 0 amide bonds. The summed E-state index contributed by atoms with van der Waals surface area (Å²) in [5.74, 6) is 0. The van der Waals surface area contributed by atoms with Crippen molar-refractivity contribution < 1.29 is 5.11 Å². The van der Waals surface area contributed by atoms with E-state index >= 15 is 0 Å². The van der Waals surface area contributed by atoms with E-state index in [1.165, 1.54) is 31.5 Å². The molecular weight excluding hydrogens is 272 g/mol. The molecular formula is C16H23ClN2O. The van der Waals surface area contributed by atoms with E-state index in [1.54, 1.807) is 0 Å². The van der Waals surface area contributed by atoms with Crippen molar-refractivity contribution in [3.63, 3.8) is 0 Å². The van der Waals surface area contributed by atoms with E-state index in [0.717, 1.165) is 18.7 Å². The molecule has 2 heterocycles. The first-order valence-electron chi connectivity index (χ1n) is 7.59. The Bertz CT molecular complexity index is 480. The molecule has 1 N–H and O–H groups in total. The van der Waals surface area contributed by atoms with Gasteiger partial charge in [-0.05, 0) is 44.0 Å². The van der Waals surface area contributed by atoms with Crippen molar-refractivity contribution in [3.8, 4) is 0 Å². The summed E-state index contributed by atoms with van der Waals surface area (Å²) >= 11 is 6.24. The highest BCUT2D eigenvalue weighted by Gasteiger charge is 2.33. The Morgan fingerprint density at radius 1 is 1.30 bits per heavy atom. The molecule has 0 aliphatic carbocycles. The van der Waals surface area contributed by atoms with E-state index in [9.17, 15) is 5.11 Å². The van der Waals surface area contributed by atoms with Crippen LogP contribution in [-0.2, 0) is 6.61 Å². The smallest absolute Gasteiger partial charge is 0.0696 e. The predicted octanol–water partition coefficient (Wildman–Crippen LogP) is 2.90. The van der Waals surface area contributed by atoms with Crippen molar-refractivity contribution in [2.24, 2.45) is 0 Å². The normalized spacial score (nSPS) is 27.4. The Hall–Kier alpha value is -0.770. The first-order chi connectivity index (χ1) is 9.69. The molecule has 2 unspecified atom stereocenters. The number of aliphatic hydroxyl groups excluding tert-OH is 1. The Labute approximate surface area is 126 Å². The van der Waals surface area contributed by atoms with Gasteiger partial charge in [0.15, 0.2) is 0 Å². The summed E-state index contributed by atoms with van der Waals surface area (Å²) in [4.78, 5) is 5.12. The molecule has 110 valence electrons. The molecule has 0 saturated carbocycles. The van der Waals surface area contributed by atoms with Gasteiger partial charge in [0.2, 0.25) is 0 Å². The molecule has 2 aliphatic rings. The van der Waals surface area contributed by atoms with Crippen molar-refractivity contribution in [3.05, 3.63) is 28.8 Å². The average Bonchev–Trinajstić information content (AvgIpc) is 2.46. The number of piperazine rings is 1. The first kappa shape index (κ1) is 14.2. The van der Waals surface area contributed by atoms with Crippen LogP contribution in [0.1, 0.15) is 31.7 Å². The third kappa shape index (κ3) is 2.67. The van der Waals surface area contributed by atoms with Crippen LogP contribution in [-0.4, -0.2) is 41.7 Å². The van der Waals surface area contributed by atoms with Gasteiger partial charge in [-0.2, -0.15) is 0 Å². The SMILES string of the molecule is CC1CN2CCCCC2CN1c1ccc(CO)c(Cl)c1. The molecule has 0 spiro atoms. The van der Waals surface area contributed by atoms with Crippen LogP contribution in [0.15, 0.2) is 18.2 Å². The van der Waals surface area contributed by atoms with E-state index < -0.39 is 0 Å². The Morgan fingerprint density at radius 2 is 2.15 bits per heavy atom. The zero-order valence-electron chi connectivity index (χ0n) is 12.1. The fourth-order valence-corrected chi connectivity index (χ4v) is 3.79. The van der Waals surface area contributed by atoms with Gasteiger partial charge < -0.3 is 10.0 Å². The van der Waals surface area contributed by atoms with Crippen LogP contribution in [0.4, 0.5) is 5.69 Å². The van der Waals surface area contributed by atoms with Crippen molar-refractivity contribution in [2.75, 3.05) is 24.5 Å². The highest BCUT2D eigenvalue weighted by molar-refractivity contribution is 6.31. The van der Waals surface area contributed by atoms with Crippen LogP contribution >= 0.6 is 11.6 Å². The lowest BCUT2D eigenvalue weighted by molar-refractivity contribution is 0.115. The van der Waals surface area contributed by atoms with Crippen LogP contribution in [0, 0.1) is 0 Å². The third-order valence-electron chi connectivity index (χ3n) is 4.73. The van der Waals surface area contributed by atoms with Crippen molar-refractivity contribution in [1.29, 1.82) is 0 Å². The molecule has 4 heteroatoms. The summed E-state index contributed by atoms with van der Waals surface area (Å²) in [6.45, 7) is 5.79. The van der Waals surface area contributed by atoms with E-state index in [0.29, 0.717) is 17.1 Å². The number of rotatable bonds is 2. The van der Waals surface area contributed by atoms with Gasteiger partial charge in [0.25, 0.3) is 0 Å². The van der Waals surface area contributed by atoms with Crippen molar-refractivity contribution in [1.82, 2.24) is 4.90 Å². The van der Waals surface area contributed by atoms with E-state index in [4.69, 9.17) is 11.6 Å². The number of halogens is 1. The molecule has 3 rings (SSSR count). The number of aliphatic hydroxyl groups is 1. The lowest BCUT2D eigenvalue weighted by Gasteiger charge is -2.48. The molecule has 3 nitrogen and oxygen atoms in total. The Kier molecular flexibility index (Phi) is 4.20. The van der Waals surface area contributed by atoms with E-state index in [-0.39, 0.29) is 6.61 Å². The summed E-state index contributed by atoms with van der Waals surface area (Å²) in [5, 5.41) is 9.89. The van der Waals surface area contributed by atoms with Gasteiger partial charge in [-0.25, -0.2) is 0 Å². The fraction of sp³-hybridized carbons (Fsp3) is 0.625. The lowest BCUT2D eigenvalue weighted by Crippen LogP contribution is -2.58. The van der Waals surface area contributed by atoms with Crippen molar-refractivity contribution in [2.45, 2.75) is 44.9 Å². The van der Waals surface area contributed by atoms with E-state index in [2.05, 4.69) is 22.8 Å². The Balaban J connectivity index is 1.80. The summed E-state index contributed by atoms with van der Waals surface area (Å²) in [5.41, 5.74) is 1.99. The van der Waals surface area contributed by atoms with E-state index in [1.807, 2.05) is 12.1 Å². The van der Waals surface area contributed by atoms with Gasteiger partial charge >= 0.3 is 0 Å². The number of anilines is 1. The number of fused-ring (bicyclic) bond motifs is 1. The van der Waals surface area contributed by atoms with Crippen LogP contribution in [0.2, 0.25) is 5.02 Å². The monoisotopic (exact) mass is 294 g/mol. The topological polar surface area (TPSA) is 26.7 Å². The number of nitrogens with zero attached hydrogens (tertiary/aromatic N) is 2. The minimum atomic E-state index is 0.00503. The summed E-state index contributed by atoms with van der Waals surface area (Å²) in [6, 6.07) is 7.24. The number of hydrogen-bond acceptors (Lipinski definition) is 3. The number of piperidine rings is 1. The fourth-order valence-electron chi connectivity index (χ4n) is 3.56. The molecule has 1 aromatic carbocycles. The number of hydrogen-bond donors (Lipinski definition) is 1. The number of benzene rings is 1. The first-order valence-corrected chi connectivity index (χ1v) is 7.97. The highest BCUT2D eigenvalue weighted by atomic mass is 35.5. The van der Waals surface area contributed by atoms with Crippen LogP contribution in [0.3, 0.4) is 0 Å². The molecule has 2 atom stereocenters. The molecule has 0 bridgehead atoms. The maximum atomic E-state index is 9.22. The van der Waals surface area contributed by atoms with Gasteiger partial charge in [-0.15, -0.1) is 0 Å². The maximum Gasteiger partial charge on any atom is 0.0696 e. The zero-order chi connectivity index (χ0) is 14.1. The van der Waals surface area contributed by atoms with Gasteiger partial charge in [0.05, 0.1) is 6.61 Å². The standard InChI is InChI=1S/C16H23ClN2O/c1-12-9-18-7-3-2-4-15(18)10-19(12)14-6-5-13(11-20)16(17)8-14/h5-6,8,12,15,20H,2-4,7,9-11H2,1H3. The van der Waals surface area contributed by atoms with Crippen LogP contribution in [0.5, 0.6) is 0 Å². The third-order valence-corrected chi connectivity index (χ3v) is 5.08. The molecule has 2 aliphatic heterocycles. The zero-order valence-corrected chi connectivity index (χ0v) is 12.8. The average molecular weight is 295 g/mol. The van der Waals surface area contributed by atoms with Crippen molar-refractivity contribution >= 4 is 17.3 Å². The van der Waals surface area contributed by atoms with Crippen LogP contribution in [0.25, 0.3) is 0 Å². The van der Waals surface area contributed by atoms with Gasteiger partial charge in [0, 0.05) is 35.9 Å². The quantitative estimate of drug-likeness (QED) is 0.908. The summed E-state index contributed by atoms with van der Waals surface area (Å²) in [7, 11) is 0. The highest BCUT2D eigenvalue weighted by Crippen LogP contribution is 2.30. The molecule has 0 radical (unpaired) electrons. The lowest BCUT2D eigenvalue weighted by atomic mass is 9.96. The second-order valence-electron chi connectivity index (χ2n) is 6.08. The summed E-state index contributed by atoms with van der Waals surface area (Å²) < 4.78 is 0. The molecule has 1 aromatic rings. The molecule has 0 aromatic heterocycles. The molecule has 20 heavy (non-hydrogen) atoms. The van der Waals surface area contributed by atoms with Gasteiger partial charge in [-0.3, -0.25) is 4.90 Å². The second-order valence-corrected chi connectivity index (χ2v) is 6.49. The Morgan fingerprint density at radius 3 is 2.90 bits per heavy atom. The summed E-state index contributed by atoms with van der Waals surface area (Å²) in [6.07, 6.45) is 4.01. The molecule has 2 fully saturated rings. The second kappa shape index (κ2) is 5.92. The van der Waals surface area contributed by atoms with Gasteiger partial charge in [-0.1, -0.05) is 24.1 Å². The largest absolute Gasteiger partial charge is 0.392 e. The maximum absolute atomic E-state index is 9.22.